The number of hydrogen-bond donors (Lipinski definition) is 2. The number of nitrogens with one attached hydrogen (secondary N) is 1. The van der Waals surface area contributed by atoms with E-state index in [1.165, 1.54) is 0 Å². The van der Waals surface area contributed by atoms with Gasteiger partial charge in [-0.05, 0) is 0 Å². The molecule has 3 rings (SSSR count). The average molecular weight is 502 g/mol. The molecule has 2 N–H and O–H groups in total. The van der Waals surface area contributed by atoms with Gasteiger partial charge in [-0.3, -0.25) is 0 Å². The van der Waals surface area contributed by atoms with Gasteiger partial charge < -0.3 is 0 Å². The minimum atomic E-state index is -4.96. The third-order valence-electron chi connectivity index (χ3n) is 5.08. The number of halogens is 3. The Balaban J connectivity index is 1.61. The van der Waals surface area contributed by atoms with Gasteiger partial charge in [0.2, 0.25) is 0 Å². The molecule has 0 saturated carbocycles. The van der Waals surface area contributed by atoms with Crippen molar-refractivity contribution in [3.8, 4) is 0 Å². The van der Waals surface area contributed by atoms with Crippen molar-refractivity contribution in [1.82, 2.24) is 9.55 Å². The van der Waals surface area contributed by atoms with Crippen molar-refractivity contribution in [3.05, 3.63) is 32.6 Å². The molecule has 0 spiro atoms. The normalized spacial score (nSPS) is 26.6. The second kappa shape index (κ2) is 9.80. The zero-order valence-corrected chi connectivity index (χ0v) is 19.1. The monoisotopic (exact) mass is 502 g/mol. The molecule has 0 bridgehead atoms. The molecule has 1 unspecified atom stereocenters. The molecule has 15 heteroatoms. The van der Waals surface area contributed by atoms with E-state index in [1.54, 1.807) is 25.8 Å². The van der Waals surface area contributed by atoms with E-state index in [1.807, 2.05) is 0 Å². The van der Waals surface area contributed by atoms with E-state index in [9.17, 15) is 32.4 Å². The molecular formula is C18H26F3N2O9P. The first-order valence-electron chi connectivity index (χ1n) is 10.3. The van der Waals surface area contributed by atoms with E-state index >= 15 is 0 Å². The molecule has 0 radical (unpaired) electrons. The van der Waals surface area contributed by atoms with Crippen molar-refractivity contribution in [2.45, 2.75) is 64.3 Å². The molecule has 0 aromatic carbocycles. The van der Waals surface area contributed by atoms with Crippen molar-refractivity contribution in [2.24, 2.45) is 5.92 Å². The molecule has 33 heavy (non-hydrogen) atoms. The molecule has 4 atom stereocenters. The Labute approximate surface area is 186 Å². The fourth-order valence-electron chi connectivity index (χ4n) is 3.37. The number of aromatic nitrogens is 2. The first kappa shape index (κ1) is 25.8. The molecule has 188 valence electrons. The fraction of sp³-hybridized carbons (Fsp3) is 0.722. The van der Waals surface area contributed by atoms with Crippen LogP contribution in [0, 0.1) is 5.92 Å². The van der Waals surface area contributed by atoms with E-state index in [2.05, 4.69) is 0 Å². The predicted molar refractivity (Wildman–Crippen MR) is 107 cm³/mol. The molecule has 1 aromatic heterocycles. The van der Waals surface area contributed by atoms with Crippen molar-refractivity contribution in [2.75, 3.05) is 13.2 Å². The topological polar surface area (TPSA) is 138 Å². The molecule has 2 aliphatic heterocycles. The number of fused-ring (bicyclic) bond motifs is 1. The van der Waals surface area contributed by atoms with Gasteiger partial charge >= 0.3 is 186 Å². The Hall–Kier alpha value is -1.83. The Morgan fingerprint density at radius 1 is 1.33 bits per heavy atom. The molecule has 0 amide bonds. The second-order valence-electron chi connectivity index (χ2n) is 8.09. The fourth-order valence-corrected chi connectivity index (χ4v) is 4.97. The first-order chi connectivity index (χ1) is 15.3. The van der Waals surface area contributed by atoms with Crippen molar-refractivity contribution in [3.63, 3.8) is 0 Å². The van der Waals surface area contributed by atoms with Gasteiger partial charge in [0.05, 0.1) is 0 Å². The van der Waals surface area contributed by atoms with E-state index in [0.29, 0.717) is 10.8 Å². The number of aromatic amines is 1. The van der Waals surface area contributed by atoms with E-state index in [4.69, 9.17) is 23.0 Å². The van der Waals surface area contributed by atoms with Crippen LogP contribution in [-0.2, 0) is 34.0 Å². The van der Waals surface area contributed by atoms with Gasteiger partial charge in [0.25, 0.3) is 0 Å². The van der Waals surface area contributed by atoms with Gasteiger partial charge in [-0.2, -0.15) is 0 Å². The van der Waals surface area contributed by atoms with Gasteiger partial charge in [0, 0.05) is 0 Å². The maximum absolute atomic E-state index is 13.0. The summed E-state index contributed by atoms with van der Waals surface area (Å²) >= 11 is 0. The van der Waals surface area contributed by atoms with Gasteiger partial charge in [-0.1, -0.05) is 0 Å². The summed E-state index contributed by atoms with van der Waals surface area (Å²) in [5.41, 5.74) is -4.18. The zero-order chi connectivity index (χ0) is 24.6. The first-order valence-corrected chi connectivity index (χ1v) is 11.9. The third-order valence-corrected chi connectivity index (χ3v) is 6.78. The SMILES string of the molecule is CC(C)OC(=O)C(C)CCO[PH]1(O)OC[C@H]2O[C@@H](n3cc(C(F)(F)F)c(=O)[nH]c3=O)C[C@@H]2O1. The van der Waals surface area contributed by atoms with Crippen molar-refractivity contribution in [1.29, 1.82) is 0 Å². The van der Waals surface area contributed by atoms with Crippen LogP contribution in [0.2, 0.25) is 0 Å². The van der Waals surface area contributed by atoms with E-state index < -0.39 is 61.5 Å². The van der Waals surface area contributed by atoms with Gasteiger partial charge in [0.1, 0.15) is 0 Å². The van der Waals surface area contributed by atoms with Crippen LogP contribution in [0.3, 0.4) is 0 Å². The predicted octanol–water partition coefficient (Wildman–Crippen LogP) is 1.65. The van der Waals surface area contributed by atoms with Crippen LogP contribution >= 0.6 is 8.17 Å². The minimum absolute atomic E-state index is 0.0624. The number of hydrogen-bond acceptors (Lipinski definition) is 9. The second-order valence-corrected chi connectivity index (χ2v) is 9.95. The van der Waals surface area contributed by atoms with Crippen LogP contribution in [0.5, 0.6) is 0 Å². The van der Waals surface area contributed by atoms with Crippen LogP contribution in [0.15, 0.2) is 15.8 Å². The summed E-state index contributed by atoms with van der Waals surface area (Å²) in [6.07, 6.45) is -7.48. The summed E-state index contributed by atoms with van der Waals surface area (Å²) < 4.78 is 66.6. The summed E-state index contributed by atoms with van der Waals surface area (Å²) in [5.74, 6) is -0.903. The van der Waals surface area contributed by atoms with E-state index in [0.717, 1.165) is 0 Å². The Kier molecular flexibility index (Phi) is 7.66. The van der Waals surface area contributed by atoms with Crippen molar-refractivity contribution >= 4 is 14.1 Å². The third kappa shape index (κ3) is 6.19. The number of nitrogens with zero attached hydrogens (tertiary/aromatic N) is 1. The number of carbonyl (C=O) groups is 1. The van der Waals surface area contributed by atoms with Crippen LogP contribution in [-0.4, -0.2) is 51.9 Å². The summed E-state index contributed by atoms with van der Waals surface area (Å²) in [6, 6.07) is 0. The Morgan fingerprint density at radius 3 is 2.67 bits per heavy atom. The summed E-state index contributed by atoms with van der Waals surface area (Å²) in [7, 11) is -4.11. The van der Waals surface area contributed by atoms with Crippen LogP contribution in [0.25, 0.3) is 0 Å². The van der Waals surface area contributed by atoms with Gasteiger partial charge in [0.15, 0.2) is 0 Å². The van der Waals surface area contributed by atoms with Crippen LogP contribution in [0.1, 0.15) is 45.4 Å². The van der Waals surface area contributed by atoms with Gasteiger partial charge in [-0.15, -0.1) is 0 Å². The molecule has 1 aromatic rings. The maximum atomic E-state index is 13.0. The number of H-pyrrole nitrogens is 1. The van der Waals surface area contributed by atoms with Crippen LogP contribution < -0.4 is 11.2 Å². The zero-order valence-electron chi connectivity index (χ0n) is 18.1. The molecule has 2 aliphatic rings. The quantitative estimate of drug-likeness (QED) is 0.421. The molecule has 11 nitrogen and oxygen atoms in total. The summed E-state index contributed by atoms with van der Waals surface area (Å²) in [4.78, 5) is 47.6. The van der Waals surface area contributed by atoms with Crippen LogP contribution in [0.4, 0.5) is 13.2 Å². The molecule has 2 fully saturated rings. The molecule has 0 aliphatic carbocycles. The molecule has 2 saturated heterocycles. The number of carbonyl (C=O) groups excluding carboxylic acids is 1. The van der Waals surface area contributed by atoms with E-state index in [-0.39, 0.29) is 32.2 Å². The van der Waals surface area contributed by atoms with Crippen molar-refractivity contribution < 1.29 is 45.9 Å². The molecular weight excluding hydrogens is 476 g/mol. The van der Waals surface area contributed by atoms with Gasteiger partial charge in [-0.25, -0.2) is 0 Å². The number of ether oxygens (including phenoxy) is 2. The summed E-state index contributed by atoms with van der Waals surface area (Å²) in [6.45, 7) is 4.84. The molecule has 3 heterocycles. The number of alkyl halides is 3. The standard InChI is InChI=1S/C18H26F3N2O9P/c1-9(2)30-16(25)10(3)4-5-28-33(27)29-8-13-12(32-33)6-14(31-13)23-7-11(18(19,20)21)15(24)22-17(23)26/h7,9-10,12-14,27,33H,4-6,8H2,1-3H3,(H,22,24,26)/t10?,12-,13+,14+/m0/s1. The Bertz CT molecular complexity index is 982. The number of rotatable bonds is 7. The Morgan fingerprint density at radius 2 is 2.03 bits per heavy atom. The average Bonchev–Trinajstić information content (AvgIpc) is 3.08. The summed E-state index contributed by atoms with van der Waals surface area (Å²) in [5, 5.41) is 0. The number of esters is 1.